The molecule has 0 radical (unpaired) electrons. The monoisotopic (exact) mass is 274 g/mol. The van der Waals surface area contributed by atoms with Gasteiger partial charge in [-0.2, -0.15) is 0 Å². The number of rotatable bonds is 0. The van der Waals surface area contributed by atoms with Gasteiger partial charge in [0.15, 0.2) is 0 Å². The summed E-state index contributed by atoms with van der Waals surface area (Å²) in [5.41, 5.74) is 0. The van der Waals surface area contributed by atoms with E-state index in [4.69, 9.17) is 0 Å². The molecule has 0 bridgehead atoms. The van der Waals surface area contributed by atoms with E-state index in [1.54, 1.807) is 0 Å². The average molecular weight is 274 g/mol. The standard InChI is InChI=1S/CHI2.Li/c2-1-3;/h1H;/q-1;+1. The summed E-state index contributed by atoms with van der Waals surface area (Å²) in [5.74, 6) is 0. The van der Waals surface area contributed by atoms with Crippen LogP contribution in [-0.2, 0) is 0 Å². The molecule has 0 rings (SSSR count). The van der Waals surface area contributed by atoms with Gasteiger partial charge in [-0.05, 0) is 0 Å². The van der Waals surface area contributed by atoms with Crippen LogP contribution >= 0.6 is 45.2 Å². The molecule has 0 heterocycles. The normalized spacial score (nSPS) is 4.50. The maximum Gasteiger partial charge on any atom is 1.00 e. The van der Waals surface area contributed by atoms with Gasteiger partial charge in [-0.25, -0.2) is 2.43 Å². The maximum atomic E-state index is 2.15. The van der Waals surface area contributed by atoms with Crippen molar-refractivity contribution in [2.24, 2.45) is 0 Å². The van der Waals surface area contributed by atoms with E-state index >= 15 is 0 Å². The van der Waals surface area contributed by atoms with Gasteiger partial charge >= 0.3 is 18.9 Å². The minimum atomic E-state index is 0. The summed E-state index contributed by atoms with van der Waals surface area (Å²) in [4.78, 5) is 0. The van der Waals surface area contributed by atoms with Gasteiger partial charge in [-0.3, -0.25) is 0 Å². The molecule has 0 aromatic heterocycles. The molecule has 0 aromatic rings. The van der Waals surface area contributed by atoms with Crippen LogP contribution in [0.1, 0.15) is 0 Å². The molecule has 0 aliphatic rings. The summed E-state index contributed by atoms with van der Waals surface area (Å²) in [5, 5.41) is 0. The summed E-state index contributed by atoms with van der Waals surface area (Å²) in [6.07, 6.45) is 0. The van der Waals surface area contributed by atoms with Crippen molar-refractivity contribution < 1.29 is 18.9 Å². The van der Waals surface area contributed by atoms with Gasteiger partial charge in [0.25, 0.3) is 0 Å². The first-order valence-corrected chi connectivity index (χ1v) is 2.93. The first kappa shape index (κ1) is 9.41. The zero-order valence-corrected chi connectivity index (χ0v) is 6.65. The van der Waals surface area contributed by atoms with Gasteiger partial charge in [0, 0.05) is 0 Å². The molecular formula is CHI2Li. The molecule has 0 spiro atoms. The van der Waals surface area contributed by atoms with Gasteiger partial charge in [0.05, 0.1) is 0 Å². The van der Waals surface area contributed by atoms with E-state index in [-0.39, 0.29) is 18.9 Å². The third-order valence-corrected chi connectivity index (χ3v) is 0. The fraction of sp³-hybridized carbons (Fsp3) is 0. The van der Waals surface area contributed by atoms with Crippen LogP contribution in [0.4, 0.5) is 0 Å². The summed E-state index contributed by atoms with van der Waals surface area (Å²) in [6, 6.07) is 0. The molecule has 0 fully saturated rings. The zero-order chi connectivity index (χ0) is 2.71. The van der Waals surface area contributed by atoms with E-state index in [1.165, 1.54) is 0 Å². The van der Waals surface area contributed by atoms with E-state index in [2.05, 4.69) is 45.2 Å². The van der Waals surface area contributed by atoms with Crippen molar-refractivity contribution in [2.75, 3.05) is 0 Å². The Balaban J connectivity index is 0. The van der Waals surface area contributed by atoms with Crippen molar-refractivity contribution in [2.45, 2.75) is 0 Å². The van der Waals surface area contributed by atoms with Crippen LogP contribution in [0.2, 0.25) is 0 Å². The molecule has 0 nitrogen and oxygen atoms in total. The maximum absolute atomic E-state index is 2.15. The van der Waals surface area contributed by atoms with Crippen molar-refractivity contribution in [3.8, 4) is 0 Å². The summed E-state index contributed by atoms with van der Waals surface area (Å²) in [6.45, 7) is 0. The van der Waals surface area contributed by atoms with Crippen LogP contribution in [0.5, 0.6) is 0 Å². The van der Waals surface area contributed by atoms with Gasteiger partial charge in [0.2, 0.25) is 0 Å². The van der Waals surface area contributed by atoms with Crippen molar-refractivity contribution in [1.82, 2.24) is 0 Å². The second-order valence-electron chi connectivity index (χ2n) is 0.0825. The topological polar surface area (TPSA) is 0 Å². The van der Waals surface area contributed by atoms with E-state index in [1.807, 2.05) is 2.43 Å². The van der Waals surface area contributed by atoms with Crippen LogP contribution in [0.15, 0.2) is 0 Å². The Hall–Kier alpha value is 2.06. The Morgan fingerprint density at radius 1 is 1.25 bits per heavy atom. The van der Waals surface area contributed by atoms with Crippen LogP contribution < -0.4 is 18.9 Å². The van der Waals surface area contributed by atoms with Crippen LogP contribution in [-0.4, -0.2) is 0 Å². The van der Waals surface area contributed by atoms with Gasteiger partial charge in [-0.1, -0.05) is 0 Å². The predicted octanol–water partition coefficient (Wildman–Crippen LogP) is -1.02. The van der Waals surface area contributed by atoms with Crippen LogP contribution in [0.25, 0.3) is 0 Å². The fourth-order valence-electron chi connectivity index (χ4n) is 0. The van der Waals surface area contributed by atoms with Crippen molar-refractivity contribution in [3.05, 3.63) is 2.43 Å². The second kappa shape index (κ2) is 8.91. The molecule has 0 saturated heterocycles. The quantitative estimate of drug-likeness (QED) is 0.301. The molecule has 0 N–H and O–H groups in total. The Kier molecular flexibility index (Phi) is 21.0. The molecule has 0 saturated carbocycles. The molecular weight excluding hydrogens is 273 g/mol. The Morgan fingerprint density at radius 3 is 1.25 bits per heavy atom. The summed E-state index contributed by atoms with van der Waals surface area (Å²) < 4.78 is 1.94. The number of hydrogen-bond donors (Lipinski definition) is 0. The molecule has 3 heteroatoms. The third kappa shape index (κ3) is 8.96. The largest absolute Gasteiger partial charge is 1.00 e. The molecule has 0 unspecified atom stereocenters. The SMILES string of the molecule is I[CH-]I.[Li+]. The molecule has 4 heavy (non-hydrogen) atoms. The van der Waals surface area contributed by atoms with E-state index < -0.39 is 0 Å². The fourth-order valence-corrected chi connectivity index (χ4v) is 0. The van der Waals surface area contributed by atoms with Crippen LogP contribution in [0, 0.1) is 2.43 Å². The second-order valence-corrected chi connectivity index (χ2v) is 3.71. The molecule has 0 amide bonds. The average Bonchev–Trinajstić information content (AvgIpc) is 0.918. The Morgan fingerprint density at radius 2 is 1.25 bits per heavy atom. The molecule has 0 aliphatic carbocycles. The minimum Gasteiger partial charge on any atom is -0.304 e. The first-order valence-electron chi connectivity index (χ1n) is 0.436. The zero-order valence-electron chi connectivity index (χ0n) is 2.33. The van der Waals surface area contributed by atoms with Gasteiger partial charge in [0.1, 0.15) is 0 Å². The van der Waals surface area contributed by atoms with Gasteiger partial charge in [-0.15, -0.1) is 0 Å². The number of hydrogen-bond acceptors (Lipinski definition) is 0. The Labute approximate surface area is 65.6 Å². The minimum absolute atomic E-state index is 0. The smallest absolute Gasteiger partial charge is 0.304 e. The predicted molar refractivity (Wildman–Crippen MR) is 32.3 cm³/mol. The van der Waals surface area contributed by atoms with Gasteiger partial charge < -0.3 is 45.2 Å². The molecule has 0 aromatic carbocycles. The van der Waals surface area contributed by atoms with E-state index in [9.17, 15) is 0 Å². The van der Waals surface area contributed by atoms with Crippen molar-refractivity contribution >= 4 is 45.2 Å². The number of halogens is 2. The van der Waals surface area contributed by atoms with E-state index in [0.29, 0.717) is 0 Å². The molecule has 20 valence electrons. The Bertz CT molecular complexity index is 6.00. The van der Waals surface area contributed by atoms with E-state index in [0.717, 1.165) is 0 Å². The molecule has 0 aliphatic heterocycles. The van der Waals surface area contributed by atoms with Crippen molar-refractivity contribution in [1.29, 1.82) is 0 Å². The first-order chi connectivity index (χ1) is 1.41. The molecule has 0 atom stereocenters. The van der Waals surface area contributed by atoms with Crippen molar-refractivity contribution in [3.63, 3.8) is 0 Å². The summed E-state index contributed by atoms with van der Waals surface area (Å²) >= 11 is 4.30. The van der Waals surface area contributed by atoms with Crippen LogP contribution in [0.3, 0.4) is 0 Å². The third-order valence-electron chi connectivity index (χ3n) is 0. The summed E-state index contributed by atoms with van der Waals surface area (Å²) in [7, 11) is 0.